The van der Waals surface area contributed by atoms with Gasteiger partial charge in [-0.3, -0.25) is 14.9 Å². The number of halogens is 1. The van der Waals surface area contributed by atoms with Crippen LogP contribution in [0.5, 0.6) is 11.5 Å². The van der Waals surface area contributed by atoms with Gasteiger partial charge < -0.3 is 14.8 Å². The lowest BCUT2D eigenvalue weighted by Crippen LogP contribution is -2.30. The molecule has 126 valence electrons. The Morgan fingerprint density at radius 2 is 1.92 bits per heavy atom. The maximum atomic E-state index is 12.2. The largest absolute Gasteiger partial charge is 0.495 e. The molecule has 0 fully saturated rings. The van der Waals surface area contributed by atoms with Crippen molar-refractivity contribution < 1.29 is 19.2 Å². The summed E-state index contributed by atoms with van der Waals surface area (Å²) in [6, 6.07) is 10.3. The van der Waals surface area contributed by atoms with E-state index in [-0.39, 0.29) is 5.69 Å². The van der Waals surface area contributed by atoms with Gasteiger partial charge in [0.15, 0.2) is 6.10 Å². The number of anilines is 1. The normalized spacial score (nSPS) is 11.5. The Labute approximate surface area is 143 Å². The van der Waals surface area contributed by atoms with Crippen LogP contribution in [-0.2, 0) is 4.79 Å². The minimum Gasteiger partial charge on any atom is -0.495 e. The highest BCUT2D eigenvalue weighted by molar-refractivity contribution is 6.31. The molecule has 0 saturated heterocycles. The van der Waals surface area contributed by atoms with Crippen molar-refractivity contribution in [2.45, 2.75) is 13.0 Å². The third-order valence-corrected chi connectivity index (χ3v) is 3.38. The molecule has 8 heteroatoms. The van der Waals surface area contributed by atoms with E-state index in [0.29, 0.717) is 22.2 Å². The third kappa shape index (κ3) is 4.36. The highest BCUT2D eigenvalue weighted by Gasteiger charge is 2.17. The van der Waals surface area contributed by atoms with E-state index in [0.717, 1.165) is 0 Å². The molecule has 0 aliphatic carbocycles. The van der Waals surface area contributed by atoms with Gasteiger partial charge in [0.1, 0.15) is 11.5 Å². The number of hydrogen-bond donors (Lipinski definition) is 1. The van der Waals surface area contributed by atoms with Crippen LogP contribution in [-0.4, -0.2) is 24.0 Å². The molecule has 2 aromatic rings. The average Bonchev–Trinajstić information content (AvgIpc) is 2.55. The molecule has 2 aromatic carbocycles. The zero-order valence-electron chi connectivity index (χ0n) is 13.0. The Morgan fingerprint density at radius 1 is 1.25 bits per heavy atom. The summed E-state index contributed by atoms with van der Waals surface area (Å²) in [6.07, 6.45) is -0.824. The predicted octanol–water partition coefficient (Wildman–Crippen LogP) is 3.66. The highest BCUT2D eigenvalue weighted by atomic mass is 35.5. The van der Waals surface area contributed by atoms with Crippen LogP contribution in [0.2, 0.25) is 5.02 Å². The first kappa shape index (κ1) is 17.6. The lowest BCUT2D eigenvalue weighted by molar-refractivity contribution is -0.384. The summed E-state index contributed by atoms with van der Waals surface area (Å²) in [5, 5.41) is 13.7. The molecule has 2 rings (SSSR count). The zero-order valence-corrected chi connectivity index (χ0v) is 13.7. The number of nitro benzene ring substituents is 1. The van der Waals surface area contributed by atoms with E-state index in [1.54, 1.807) is 25.1 Å². The monoisotopic (exact) mass is 350 g/mol. The number of rotatable bonds is 6. The van der Waals surface area contributed by atoms with Gasteiger partial charge in [0, 0.05) is 17.2 Å². The molecule has 0 unspecified atom stereocenters. The number of carbonyl (C=O) groups is 1. The second-order valence-corrected chi connectivity index (χ2v) is 5.28. The van der Waals surface area contributed by atoms with Gasteiger partial charge in [-0.2, -0.15) is 0 Å². The Bertz CT molecular complexity index is 749. The van der Waals surface area contributed by atoms with Crippen LogP contribution in [0.15, 0.2) is 42.5 Å². The van der Waals surface area contributed by atoms with E-state index in [1.807, 2.05) is 0 Å². The number of nitro groups is 1. The van der Waals surface area contributed by atoms with Crippen molar-refractivity contribution in [1.29, 1.82) is 0 Å². The molecule has 7 nitrogen and oxygen atoms in total. The molecule has 0 heterocycles. The number of nitrogens with one attached hydrogen (secondary N) is 1. The Balaban J connectivity index is 2.04. The number of amides is 1. The zero-order chi connectivity index (χ0) is 17.7. The van der Waals surface area contributed by atoms with Crippen LogP contribution in [0.4, 0.5) is 11.4 Å². The topological polar surface area (TPSA) is 90.7 Å². The van der Waals surface area contributed by atoms with Gasteiger partial charge in [0.25, 0.3) is 11.6 Å². The number of methoxy groups -OCH3 is 1. The first-order chi connectivity index (χ1) is 11.4. The van der Waals surface area contributed by atoms with Crippen LogP contribution in [0.1, 0.15) is 6.92 Å². The maximum absolute atomic E-state index is 12.2. The van der Waals surface area contributed by atoms with Gasteiger partial charge in [-0.1, -0.05) is 11.6 Å². The molecule has 24 heavy (non-hydrogen) atoms. The molecule has 0 saturated carbocycles. The smallest absolute Gasteiger partial charge is 0.269 e. The SMILES string of the molecule is COc1ccc(Cl)cc1NC(=O)[C@@H](C)Oc1ccc([N+](=O)[O-])cc1. The van der Waals surface area contributed by atoms with E-state index in [4.69, 9.17) is 21.1 Å². The summed E-state index contributed by atoms with van der Waals surface area (Å²) in [6.45, 7) is 1.56. The van der Waals surface area contributed by atoms with Crippen LogP contribution < -0.4 is 14.8 Å². The second-order valence-electron chi connectivity index (χ2n) is 4.84. The predicted molar refractivity (Wildman–Crippen MR) is 89.8 cm³/mol. The summed E-state index contributed by atoms with van der Waals surface area (Å²) in [4.78, 5) is 22.3. The molecular formula is C16H15ClN2O5. The molecule has 0 radical (unpaired) electrons. The molecule has 1 atom stereocenters. The van der Waals surface area contributed by atoms with E-state index < -0.39 is 16.9 Å². The molecule has 0 aliphatic heterocycles. The van der Waals surface area contributed by atoms with Gasteiger partial charge in [-0.25, -0.2) is 0 Å². The lowest BCUT2D eigenvalue weighted by atomic mass is 10.2. The van der Waals surface area contributed by atoms with E-state index >= 15 is 0 Å². The summed E-state index contributed by atoms with van der Waals surface area (Å²) in [7, 11) is 1.48. The molecule has 0 aliphatic rings. The van der Waals surface area contributed by atoms with Crippen molar-refractivity contribution in [3.63, 3.8) is 0 Å². The number of ether oxygens (including phenoxy) is 2. The summed E-state index contributed by atoms with van der Waals surface area (Å²) >= 11 is 5.91. The van der Waals surface area contributed by atoms with E-state index in [2.05, 4.69) is 5.32 Å². The number of benzene rings is 2. The fourth-order valence-electron chi connectivity index (χ4n) is 1.92. The van der Waals surface area contributed by atoms with Crippen LogP contribution >= 0.6 is 11.6 Å². The van der Waals surface area contributed by atoms with Gasteiger partial charge >= 0.3 is 0 Å². The van der Waals surface area contributed by atoms with Gasteiger partial charge in [-0.05, 0) is 37.3 Å². The van der Waals surface area contributed by atoms with Crippen LogP contribution in [0.25, 0.3) is 0 Å². The Hall–Kier alpha value is -2.80. The fraction of sp³-hybridized carbons (Fsp3) is 0.188. The van der Waals surface area contributed by atoms with Crippen molar-refractivity contribution in [3.8, 4) is 11.5 Å². The van der Waals surface area contributed by atoms with Gasteiger partial charge in [0.2, 0.25) is 0 Å². The standard InChI is InChI=1S/C16H15ClN2O5/c1-10(24-13-6-4-12(5-7-13)19(21)22)16(20)18-14-9-11(17)3-8-15(14)23-2/h3-10H,1-2H3,(H,18,20)/t10-/m1/s1. The maximum Gasteiger partial charge on any atom is 0.269 e. The minimum atomic E-state index is -0.824. The third-order valence-electron chi connectivity index (χ3n) is 3.15. The van der Waals surface area contributed by atoms with Crippen molar-refractivity contribution in [2.24, 2.45) is 0 Å². The number of non-ortho nitro benzene ring substituents is 1. The molecule has 0 aromatic heterocycles. The van der Waals surface area contributed by atoms with Crippen LogP contribution in [0.3, 0.4) is 0 Å². The summed E-state index contributed by atoms with van der Waals surface area (Å²) in [5.74, 6) is 0.408. The van der Waals surface area contributed by atoms with E-state index in [9.17, 15) is 14.9 Å². The summed E-state index contributed by atoms with van der Waals surface area (Å²) < 4.78 is 10.6. The van der Waals surface area contributed by atoms with Gasteiger partial charge in [0.05, 0.1) is 17.7 Å². The Morgan fingerprint density at radius 3 is 2.50 bits per heavy atom. The molecular weight excluding hydrogens is 336 g/mol. The van der Waals surface area contributed by atoms with Crippen molar-refractivity contribution in [2.75, 3.05) is 12.4 Å². The first-order valence-electron chi connectivity index (χ1n) is 6.96. The number of hydrogen-bond acceptors (Lipinski definition) is 5. The number of nitrogens with zero attached hydrogens (tertiary/aromatic N) is 1. The second kappa shape index (κ2) is 7.65. The van der Waals surface area contributed by atoms with Crippen molar-refractivity contribution >= 4 is 28.9 Å². The fourth-order valence-corrected chi connectivity index (χ4v) is 2.09. The molecule has 1 N–H and O–H groups in total. The van der Waals surface area contributed by atoms with E-state index in [1.165, 1.54) is 31.4 Å². The average molecular weight is 351 g/mol. The summed E-state index contributed by atoms with van der Waals surface area (Å²) in [5.41, 5.74) is 0.372. The molecule has 0 bridgehead atoms. The van der Waals surface area contributed by atoms with Crippen molar-refractivity contribution in [3.05, 3.63) is 57.6 Å². The molecule has 0 spiro atoms. The minimum absolute atomic E-state index is 0.0527. The van der Waals surface area contributed by atoms with Crippen molar-refractivity contribution in [1.82, 2.24) is 0 Å². The first-order valence-corrected chi connectivity index (χ1v) is 7.34. The number of carbonyl (C=O) groups excluding carboxylic acids is 1. The lowest BCUT2D eigenvalue weighted by Gasteiger charge is -2.16. The Kier molecular flexibility index (Phi) is 5.59. The van der Waals surface area contributed by atoms with Crippen LogP contribution in [0, 0.1) is 10.1 Å². The van der Waals surface area contributed by atoms with Gasteiger partial charge in [-0.15, -0.1) is 0 Å². The quantitative estimate of drug-likeness (QED) is 0.634. The highest BCUT2D eigenvalue weighted by Crippen LogP contribution is 2.28. The molecule has 1 amide bonds.